The lowest BCUT2D eigenvalue weighted by atomic mass is 10.2. The smallest absolute Gasteiger partial charge is 0.286 e. The van der Waals surface area contributed by atoms with Crippen molar-refractivity contribution in [1.82, 2.24) is 4.98 Å². The van der Waals surface area contributed by atoms with Gasteiger partial charge in [0.25, 0.3) is 10.1 Å². The average Bonchev–Trinajstić information content (AvgIpc) is 2.14. The van der Waals surface area contributed by atoms with Crippen LogP contribution in [0.3, 0.4) is 0 Å². The van der Waals surface area contributed by atoms with Crippen LogP contribution in [0, 0.1) is 0 Å². The molecule has 1 aromatic rings. The highest BCUT2D eigenvalue weighted by molar-refractivity contribution is 7.85. The Morgan fingerprint density at radius 1 is 1.06 bits per heavy atom. The molecule has 0 spiro atoms. The zero-order chi connectivity index (χ0) is 14.2. The summed E-state index contributed by atoms with van der Waals surface area (Å²) < 4.78 is 60.7. The summed E-state index contributed by atoms with van der Waals surface area (Å²) in [4.78, 5) is 4.02. The number of aryl methyl sites for hydroxylation is 1. The van der Waals surface area contributed by atoms with Crippen LogP contribution in [-0.4, -0.2) is 41.2 Å². The van der Waals surface area contributed by atoms with Gasteiger partial charge in [0.2, 0.25) is 0 Å². The molecule has 3 N–H and O–H groups in total. The minimum atomic E-state index is -4.67. The van der Waals surface area contributed by atoms with Crippen molar-refractivity contribution >= 4 is 20.5 Å². The molecule has 0 fully saturated rings. The summed E-state index contributed by atoms with van der Waals surface area (Å²) in [5, 5.41) is 0. The van der Waals surface area contributed by atoms with Gasteiger partial charge >= 0.3 is 10.4 Å². The molecule has 10 heteroatoms. The standard InChI is InChI=1S/C8H11NO3S.H2O4S/c10-13(11,12)7-3-5-8-4-1-2-6-9-8;1-5(2,3)4/h1-2,4,6H,3,5,7H2,(H,10,11,12);(H2,1,2,3,4). The summed E-state index contributed by atoms with van der Waals surface area (Å²) >= 11 is 0. The second-order valence-electron chi connectivity index (χ2n) is 3.16. The van der Waals surface area contributed by atoms with E-state index in [0.717, 1.165) is 5.69 Å². The van der Waals surface area contributed by atoms with E-state index >= 15 is 0 Å². The van der Waals surface area contributed by atoms with Crippen LogP contribution >= 0.6 is 0 Å². The lowest BCUT2D eigenvalue weighted by molar-refractivity contribution is 0.381. The van der Waals surface area contributed by atoms with Gasteiger partial charge in [-0.3, -0.25) is 18.6 Å². The molecule has 0 aliphatic rings. The second kappa shape index (κ2) is 7.38. The minimum absolute atomic E-state index is 0.205. The lowest BCUT2D eigenvalue weighted by Crippen LogP contribution is -2.05. The summed E-state index contributed by atoms with van der Waals surface area (Å²) in [7, 11) is -8.49. The van der Waals surface area contributed by atoms with Gasteiger partial charge in [0.1, 0.15) is 0 Å². The van der Waals surface area contributed by atoms with Crippen LogP contribution in [0.4, 0.5) is 0 Å². The normalized spacial score (nSPS) is 11.5. The number of pyridine rings is 1. The molecule has 8 nitrogen and oxygen atoms in total. The van der Waals surface area contributed by atoms with Gasteiger partial charge in [-0.2, -0.15) is 16.8 Å². The van der Waals surface area contributed by atoms with Gasteiger partial charge in [-0.05, 0) is 25.0 Å². The molecule has 1 rings (SSSR count). The third-order valence-electron chi connectivity index (χ3n) is 1.56. The number of nitrogens with zero attached hydrogens (tertiary/aromatic N) is 1. The Kier molecular flexibility index (Phi) is 6.94. The Morgan fingerprint density at radius 3 is 2.00 bits per heavy atom. The fraction of sp³-hybridized carbons (Fsp3) is 0.375. The van der Waals surface area contributed by atoms with Crippen molar-refractivity contribution in [2.45, 2.75) is 12.8 Å². The third-order valence-corrected chi connectivity index (χ3v) is 2.37. The zero-order valence-electron chi connectivity index (χ0n) is 9.17. The van der Waals surface area contributed by atoms with E-state index in [9.17, 15) is 8.42 Å². The highest BCUT2D eigenvalue weighted by Gasteiger charge is 2.03. The van der Waals surface area contributed by atoms with Gasteiger partial charge in [0.05, 0.1) is 5.75 Å². The van der Waals surface area contributed by atoms with Crippen molar-refractivity contribution in [3.63, 3.8) is 0 Å². The van der Waals surface area contributed by atoms with Crippen LogP contribution < -0.4 is 0 Å². The van der Waals surface area contributed by atoms with Crippen LogP contribution in [0.1, 0.15) is 12.1 Å². The first-order valence-electron chi connectivity index (χ1n) is 4.63. The van der Waals surface area contributed by atoms with Crippen molar-refractivity contribution in [2.24, 2.45) is 0 Å². The third kappa shape index (κ3) is 14.9. The van der Waals surface area contributed by atoms with Gasteiger partial charge in [-0.25, -0.2) is 0 Å². The summed E-state index contributed by atoms with van der Waals surface area (Å²) in [6.45, 7) is 0. The first-order chi connectivity index (χ1) is 8.08. The van der Waals surface area contributed by atoms with Crippen LogP contribution in [0.25, 0.3) is 0 Å². The Balaban J connectivity index is 0.000000494. The minimum Gasteiger partial charge on any atom is -0.286 e. The Labute approximate surface area is 105 Å². The molecule has 0 amide bonds. The second-order valence-corrected chi connectivity index (χ2v) is 5.63. The number of hydrogen-bond acceptors (Lipinski definition) is 5. The molecule has 0 radical (unpaired) electrons. The quantitative estimate of drug-likeness (QED) is 0.671. The maximum Gasteiger partial charge on any atom is 0.394 e. The van der Waals surface area contributed by atoms with Crippen LogP contribution in [0.15, 0.2) is 24.4 Å². The van der Waals surface area contributed by atoms with Crippen molar-refractivity contribution in [3.05, 3.63) is 30.1 Å². The molecule has 0 unspecified atom stereocenters. The lowest BCUT2D eigenvalue weighted by Gasteiger charge is -1.97. The number of hydrogen-bond donors (Lipinski definition) is 3. The van der Waals surface area contributed by atoms with Crippen LogP contribution in [-0.2, 0) is 26.9 Å². The van der Waals surface area contributed by atoms with Gasteiger partial charge in [0.15, 0.2) is 0 Å². The molecule has 104 valence electrons. The van der Waals surface area contributed by atoms with E-state index in [1.54, 1.807) is 12.3 Å². The molecule has 0 saturated heterocycles. The molecule has 0 aromatic carbocycles. The zero-order valence-corrected chi connectivity index (χ0v) is 10.8. The van der Waals surface area contributed by atoms with Gasteiger partial charge in [-0.15, -0.1) is 0 Å². The van der Waals surface area contributed by atoms with E-state index in [4.69, 9.17) is 22.1 Å². The number of aromatic nitrogens is 1. The van der Waals surface area contributed by atoms with E-state index in [1.807, 2.05) is 12.1 Å². The highest BCUT2D eigenvalue weighted by Crippen LogP contribution is 1.99. The summed E-state index contributed by atoms with van der Waals surface area (Å²) in [5.74, 6) is -0.205. The molecule has 0 atom stereocenters. The molecule has 0 aliphatic heterocycles. The fourth-order valence-corrected chi connectivity index (χ4v) is 1.49. The van der Waals surface area contributed by atoms with E-state index in [2.05, 4.69) is 4.98 Å². The van der Waals surface area contributed by atoms with Gasteiger partial charge < -0.3 is 0 Å². The van der Waals surface area contributed by atoms with Gasteiger partial charge in [-0.1, -0.05) is 6.07 Å². The molecule has 0 saturated carbocycles. The molecule has 18 heavy (non-hydrogen) atoms. The van der Waals surface area contributed by atoms with Gasteiger partial charge in [0, 0.05) is 11.9 Å². The molecule has 0 bridgehead atoms. The molecular formula is C8H13NO7S2. The van der Waals surface area contributed by atoms with Crippen LogP contribution in [0.5, 0.6) is 0 Å². The Hall–Kier alpha value is -1.07. The maximum atomic E-state index is 10.4. The maximum absolute atomic E-state index is 10.4. The van der Waals surface area contributed by atoms with Crippen molar-refractivity contribution in [3.8, 4) is 0 Å². The fourth-order valence-electron chi connectivity index (χ4n) is 0.982. The molecular weight excluding hydrogens is 286 g/mol. The van der Waals surface area contributed by atoms with Crippen molar-refractivity contribution < 1.29 is 30.5 Å². The summed E-state index contributed by atoms with van der Waals surface area (Å²) in [5.41, 5.74) is 0.839. The Bertz CT molecular complexity index is 530. The summed E-state index contributed by atoms with van der Waals surface area (Å²) in [6.07, 6.45) is 2.62. The van der Waals surface area contributed by atoms with Crippen molar-refractivity contribution in [2.75, 3.05) is 5.75 Å². The summed E-state index contributed by atoms with van der Waals surface area (Å²) in [6, 6.07) is 5.46. The van der Waals surface area contributed by atoms with E-state index < -0.39 is 20.5 Å². The monoisotopic (exact) mass is 299 g/mol. The van der Waals surface area contributed by atoms with Crippen molar-refractivity contribution in [1.29, 1.82) is 0 Å². The molecule has 0 aliphatic carbocycles. The van der Waals surface area contributed by atoms with E-state index in [-0.39, 0.29) is 5.75 Å². The predicted molar refractivity (Wildman–Crippen MR) is 63.2 cm³/mol. The molecule has 1 aromatic heterocycles. The first-order valence-corrected chi connectivity index (χ1v) is 7.63. The SMILES string of the molecule is O=S(=O)(O)CCCc1ccccn1.O=S(=O)(O)O. The number of rotatable bonds is 4. The van der Waals surface area contributed by atoms with E-state index in [0.29, 0.717) is 12.8 Å². The first kappa shape index (κ1) is 16.9. The van der Waals surface area contributed by atoms with Crippen LogP contribution in [0.2, 0.25) is 0 Å². The Morgan fingerprint density at radius 2 is 1.61 bits per heavy atom. The average molecular weight is 299 g/mol. The predicted octanol–water partition coefficient (Wildman–Crippen LogP) is 0.249. The topological polar surface area (TPSA) is 142 Å². The van der Waals surface area contributed by atoms with E-state index in [1.165, 1.54) is 0 Å². The largest absolute Gasteiger partial charge is 0.394 e. The highest BCUT2D eigenvalue weighted by atomic mass is 32.3. The molecule has 1 heterocycles.